The van der Waals surface area contributed by atoms with Gasteiger partial charge in [0.2, 0.25) is 23.0 Å². The Kier molecular flexibility index (Phi) is 8.24. The number of hydrogen-bond donors (Lipinski definition) is 12. The maximum atomic E-state index is 11.0. The zero-order valence-electron chi connectivity index (χ0n) is 19.6. The summed E-state index contributed by atoms with van der Waals surface area (Å²) in [5.41, 5.74) is -1.63. The Labute approximate surface area is 218 Å². The fourth-order valence-corrected chi connectivity index (χ4v) is 4.20. The van der Waals surface area contributed by atoms with E-state index in [9.17, 15) is 46.0 Å². The zero-order valence-corrected chi connectivity index (χ0v) is 20.3. The normalized spacial score (nSPS) is 20.9. The van der Waals surface area contributed by atoms with Crippen molar-refractivity contribution in [1.82, 2.24) is 0 Å². The van der Waals surface area contributed by atoms with Crippen molar-refractivity contribution in [3.05, 3.63) is 39.9 Å². The molecule has 3 atom stereocenters. The van der Waals surface area contributed by atoms with Gasteiger partial charge in [-0.1, -0.05) is 17.7 Å². The number of methoxy groups -OCH3 is 1. The minimum atomic E-state index is -4.39. The average molecular weight is 567 g/mol. The summed E-state index contributed by atoms with van der Waals surface area (Å²) in [5, 5.41) is 118. The molecule has 0 spiro atoms. The molecule has 3 rings (SSSR count). The number of halogens is 1. The van der Waals surface area contributed by atoms with E-state index in [0.29, 0.717) is 18.4 Å². The standard InChI is InChI=1S/C22H27ClO15/c1-36-9-5-10(7-24)37-13(6-9)8-2-3-12(23)11(4-8)20(29,30)14-15(25)17(27)19(18(28)16(14)26)38-22(34,35)21(31,32)33/h2-4,9-10,13,24-35H,5-7H2,1H3. The van der Waals surface area contributed by atoms with Crippen LogP contribution in [0.25, 0.3) is 0 Å². The number of hydrogen-bond acceptors (Lipinski definition) is 15. The summed E-state index contributed by atoms with van der Waals surface area (Å²) in [4.78, 5) is 0. The smallest absolute Gasteiger partial charge is 0.409 e. The average Bonchev–Trinajstić information content (AvgIpc) is 2.84. The quantitative estimate of drug-likeness (QED) is 0.0956. The van der Waals surface area contributed by atoms with Crippen LogP contribution in [0.3, 0.4) is 0 Å². The second-order valence-electron chi connectivity index (χ2n) is 8.61. The van der Waals surface area contributed by atoms with Crippen molar-refractivity contribution in [3.63, 3.8) is 0 Å². The molecule has 0 aliphatic carbocycles. The minimum absolute atomic E-state index is 0.300. The van der Waals surface area contributed by atoms with Crippen molar-refractivity contribution in [2.24, 2.45) is 0 Å². The summed E-state index contributed by atoms with van der Waals surface area (Å²) < 4.78 is 15.3. The molecule has 0 saturated carbocycles. The molecular formula is C22H27ClO15. The van der Waals surface area contributed by atoms with Crippen LogP contribution in [-0.4, -0.2) is 99.1 Å². The van der Waals surface area contributed by atoms with Gasteiger partial charge in [-0.05, 0) is 17.7 Å². The third-order valence-electron chi connectivity index (χ3n) is 6.02. The number of phenols is 4. The van der Waals surface area contributed by atoms with Crippen molar-refractivity contribution >= 4 is 11.6 Å². The molecule has 0 radical (unpaired) electrons. The SMILES string of the molecule is COC1CC(CO)OC(c2ccc(Cl)c(C(O)(O)c3c(O)c(O)c(OC(O)(O)C(O)(O)O)c(O)c3O)c2)C1. The van der Waals surface area contributed by atoms with Crippen LogP contribution >= 0.6 is 11.6 Å². The molecular weight excluding hydrogens is 540 g/mol. The van der Waals surface area contributed by atoms with Crippen LogP contribution in [0, 0.1) is 0 Å². The first-order valence-corrected chi connectivity index (χ1v) is 11.2. The van der Waals surface area contributed by atoms with E-state index in [0.717, 1.165) is 6.07 Å². The van der Waals surface area contributed by atoms with Gasteiger partial charge in [0.05, 0.1) is 24.9 Å². The number of aliphatic hydroxyl groups is 8. The first kappa shape index (κ1) is 29.9. The van der Waals surface area contributed by atoms with Gasteiger partial charge in [0, 0.05) is 30.5 Å². The highest BCUT2D eigenvalue weighted by Crippen LogP contribution is 2.56. The van der Waals surface area contributed by atoms with E-state index in [-0.39, 0.29) is 17.7 Å². The van der Waals surface area contributed by atoms with E-state index in [1.54, 1.807) is 0 Å². The highest BCUT2D eigenvalue weighted by atomic mass is 35.5. The van der Waals surface area contributed by atoms with Gasteiger partial charge in [-0.2, -0.15) is 0 Å². The zero-order chi connectivity index (χ0) is 28.8. The first-order chi connectivity index (χ1) is 17.5. The summed E-state index contributed by atoms with van der Waals surface area (Å²) in [5.74, 6) is -20.3. The number of rotatable bonds is 8. The lowest BCUT2D eigenvalue weighted by atomic mass is 9.90. The van der Waals surface area contributed by atoms with E-state index >= 15 is 0 Å². The third-order valence-corrected chi connectivity index (χ3v) is 6.35. The molecule has 3 unspecified atom stereocenters. The largest absolute Gasteiger partial charge is 0.504 e. The van der Waals surface area contributed by atoms with E-state index in [4.69, 9.17) is 36.4 Å². The predicted molar refractivity (Wildman–Crippen MR) is 122 cm³/mol. The monoisotopic (exact) mass is 566 g/mol. The molecule has 38 heavy (non-hydrogen) atoms. The molecule has 212 valence electrons. The van der Waals surface area contributed by atoms with Gasteiger partial charge < -0.3 is 75.5 Å². The van der Waals surface area contributed by atoms with Crippen LogP contribution in [0.15, 0.2) is 18.2 Å². The van der Waals surface area contributed by atoms with E-state index in [1.165, 1.54) is 19.2 Å². The van der Waals surface area contributed by atoms with Gasteiger partial charge in [0.25, 0.3) is 0 Å². The number of aromatic hydroxyl groups is 4. The molecule has 0 aromatic heterocycles. The van der Waals surface area contributed by atoms with Crippen molar-refractivity contribution in [3.8, 4) is 28.7 Å². The van der Waals surface area contributed by atoms with Gasteiger partial charge in [-0.15, -0.1) is 0 Å². The van der Waals surface area contributed by atoms with Gasteiger partial charge in [-0.3, -0.25) is 0 Å². The molecule has 15 nitrogen and oxygen atoms in total. The molecule has 12 N–H and O–H groups in total. The Morgan fingerprint density at radius 2 is 1.50 bits per heavy atom. The summed E-state index contributed by atoms with van der Waals surface area (Å²) in [7, 11) is 1.47. The van der Waals surface area contributed by atoms with Gasteiger partial charge in [-0.25, -0.2) is 0 Å². The fraction of sp³-hybridized carbons (Fsp3) is 0.455. The molecule has 1 saturated heterocycles. The van der Waals surface area contributed by atoms with Crippen LogP contribution in [0.5, 0.6) is 28.7 Å². The van der Waals surface area contributed by atoms with Crippen molar-refractivity contribution in [2.45, 2.75) is 48.9 Å². The molecule has 0 bridgehead atoms. The van der Waals surface area contributed by atoms with Gasteiger partial charge >= 0.3 is 11.9 Å². The fourth-order valence-electron chi connectivity index (χ4n) is 3.96. The summed E-state index contributed by atoms with van der Waals surface area (Å²) in [6.45, 7) is -0.317. The number of ether oxygens (including phenoxy) is 3. The summed E-state index contributed by atoms with van der Waals surface area (Å²) in [6.07, 6.45) is -0.936. The van der Waals surface area contributed by atoms with Crippen LogP contribution in [-0.2, 0) is 15.3 Å². The van der Waals surface area contributed by atoms with Crippen molar-refractivity contribution in [1.29, 1.82) is 0 Å². The summed E-state index contributed by atoms with van der Waals surface area (Å²) >= 11 is 6.15. The van der Waals surface area contributed by atoms with E-state index in [1.807, 2.05) is 0 Å². The van der Waals surface area contributed by atoms with Crippen LogP contribution in [0.2, 0.25) is 5.02 Å². The number of phenolic OH excluding ortho intramolecular Hbond substituents is 4. The van der Waals surface area contributed by atoms with Crippen LogP contribution in [0.4, 0.5) is 0 Å². The second kappa shape index (κ2) is 10.5. The summed E-state index contributed by atoms with van der Waals surface area (Å²) in [6, 6.07) is 3.82. The maximum Gasteiger partial charge on any atom is 0.409 e. The highest BCUT2D eigenvalue weighted by Gasteiger charge is 2.52. The Morgan fingerprint density at radius 1 is 0.921 bits per heavy atom. The topological polar surface area (TPSA) is 270 Å². The molecule has 0 amide bonds. The van der Waals surface area contributed by atoms with Gasteiger partial charge in [0.1, 0.15) is 5.56 Å². The molecule has 2 aromatic carbocycles. The molecule has 1 aliphatic rings. The minimum Gasteiger partial charge on any atom is -0.504 e. The third kappa shape index (κ3) is 5.40. The number of benzene rings is 2. The van der Waals surface area contributed by atoms with Gasteiger partial charge in [0.15, 0.2) is 11.5 Å². The molecule has 1 heterocycles. The second-order valence-corrected chi connectivity index (χ2v) is 9.02. The lowest BCUT2D eigenvalue weighted by Gasteiger charge is -2.35. The Bertz CT molecular complexity index is 1140. The Hall–Kier alpha value is -2.67. The highest BCUT2D eigenvalue weighted by molar-refractivity contribution is 6.31. The van der Waals surface area contributed by atoms with Crippen molar-refractivity contribution < 1.29 is 75.5 Å². The lowest BCUT2D eigenvalue weighted by molar-refractivity contribution is -0.502. The van der Waals surface area contributed by atoms with Crippen molar-refractivity contribution in [2.75, 3.05) is 13.7 Å². The first-order valence-electron chi connectivity index (χ1n) is 10.8. The Morgan fingerprint density at radius 3 is 2.00 bits per heavy atom. The molecule has 1 fully saturated rings. The number of aliphatic hydroxyl groups excluding tert-OH is 1. The van der Waals surface area contributed by atoms with Crippen LogP contribution < -0.4 is 4.74 Å². The molecule has 1 aliphatic heterocycles. The molecule has 2 aromatic rings. The van der Waals surface area contributed by atoms with E-state index in [2.05, 4.69) is 4.74 Å². The van der Waals surface area contributed by atoms with Crippen LogP contribution in [0.1, 0.15) is 35.6 Å². The maximum absolute atomic E-state index is 11.0. The molecule has 16 heteroatoms. The Balaban J connectivity index is 2.10. The van der Waals surface area contributed by atoms with E-state index < -0.39 is 69.8 Å². The lowest BCUT2D eigenvalue weighted by Crippen LogP contribution is -2.58. The predicted octanol–water partition coefficient (Wildman–Crippen LogP) is -1.78.